The topological polar surface area (TPSA) is 29.5 Å². The first kappa shape index (κ1) is 11.9. The lowest BCUT2D eigenvalue weighted by Crippen LogP contribution is -2.41. The summed E-state index contributed by atoms with van der Waals surface area (Å²) in [5.74, 6) is 0.776. The molecule has 2 aliphatic carbocycles. The molecular formula is C13H23NO2. The van der Waals surface area contributed by atoms with Crippen LogP contribution in [0.15, 0.2) is 0 Å². The van der Waals surface area contributed by atoms with Gasteiger partial charge in [-0.05, 0) is 31.6 Å². The standard InChI is InChI=1S/C13H23NO2/c1-16-13(15)10-14(9-11-7-8-11)12-5-3-2-4-6-12/h11-12H,2-10H2,1H3. The quantitative estimate of drug-likeness (QED) is 0.672. The third-order valence-electron chi connectivity index (χ3n) is 3.84. The Hall–Kier alpha value is -0.570. The van der Waals surface area contributed by atoms with E-state index in [1.165, 1.54) is 52.1 Å². The minimum absolute atomic E-state index is 0.0776. The van der Waals surface area contributed by atoms with Gasteiger partial charge in [-0.15, -0.1) is 0 Å². The van der Waals surface area contributed by atoms with Gasteiger partial charge in [-0.1, -0.05) is 19.3 Å². The minimum atomic E-state index is -0.0776. The molecule has 0 aliphatic heterocycles. The Kier molecular flexibility index (Phi) is 4.22. The predicted molar refractivity (Wildman–Crippen MR) is 63.2 cm³/mol. The number of methoxy groups -OCH3 is 1. The van der Waals surface area contributed by atoms with Gasteiger partial charge in [0, 0.05) is 12.6 Å². The Morgan fingerprint density at radius 1 is 1.19 bits per heavy atom. The minimum Gasteiger partial charge on any atom is -0.468 e. The lowest BCUT2D eigenvalue weighted by atomic mass is 9.94. The molecule has 0 aromatic heterocycles. The monoisotopic (exact) mass is 225 g/mol. The number of carbonyl (C=O) groups excluding carboxylic acids is 1. The summed E-state index contributed by atoms with van der Waals surface area (Å²) < 4.78 is 4.79. The van der Waals surface area contributed by atoms with E-state index in [0.29, 0.717) is 12.6 Å². The molecule has 2 aliphatic rings. The van der Waals surface area contributed by atoms with Crippen molar-refractivity contribution in [2.45, 2.75) is 51.0 Å². The molecule has 0 unspecified atom stereocenters. The zero-order valence-electron chi connectivity index (χ0n) is 10.3. The molecular weight excluding hydrogens is 202 g/mol. The molecule has 0 aromatic rings. The van der Waals surface area contributed by atoms with Crippen molar-refractivity contribution < 1.29 is 9.53 Å². The summed E-state index contributed by atoms with van der Waals surface area (Å²) in [6.07, 6.45) is 9.26. The smallest absolute Gasteiger partial charge is 0.319 e. The van der Waals surface area contributed by atoms with Crippen LogP contribution in [0.25, 0.3) is 0 Å². The summed E-state index contributed by atoms with van der Waals surface area (Å²) in [4.78, 5) is 13.8. The number of rotatable bonds is 5. The molecule has 0 radical (unpaired) electrons. The van der Waals surface area contributed by atoms with Crippen LogP contribution in [0.1, 0.15) is 44.9 Å². The number of carbonyl (C=O) groups is 1. The van der Waals surface area contributed by atoms with E-state index in [-0.39, 0.29) is 5.97 Å². The van der Waals surface area contributed by atoms with Crippen LogP contribution < -0.4 is 0 Å². The van der Waals surface area contributed by atoms with Crippen molar-refractivity contribution in [3.05, 3.63) is 0 Å². The molecule has 0 heterocycles. The Balaban J connectivity index is 1.86. The molecule has 0 N–H and O–H groups in total. The molecule has 2 fully saturated rings. The van der Waals surface area contributed by atoms with E-state index in [4.69, 9.17) is 4.74 Å². The van der Waals surface area contributed by atoms with Crippen molar-refractivity contribution in [2.75, 3.05) is 20.2 Å². The second-order valence-corrected chi connectivity index (χ2v) is 5.24. The van der Waals surface area contributed by atoms with Crippen molar-refractivity contribution in [3.8, 4) is 0 Å². The van der Waals surface area contributed by atoms with Crippen LogP contribution in [0.2, 0.25) is 0 Å². The van der Waals surface area contributed by atoms with Gasteiger partial charge in [0.25, 0.3) is 0 Å². The SMILES string of the molecule is COC(=O)CN(CC1CC1)C1CCCCC1. The summed E-state index contributed by atoms with van der Waals surface area (Å²) >= 11 is 0. The summed E-state index contributed by atoms with van der Waals surface area (Å²) in [5.41, 5.74) is 0. The van der Waals surface area contributed by atoms with Gasteiger partial charge in [-0.3, -0.25) is 9.69 Å². The molecule has 0 aromatic carbocycles. The molecule has 2 rings (SSSR count). The van der Waals surface area contributed by atoms with E-state index in [0.717, 1.165) is 12.5 Å². The van der Waals surface area contributed by atoms with Crippen LogP contribution in [0.3, 0.4) is 0 Å². The molecule has 0 spiro atoms. The Labute approximate surface area is 98.1 Å². The first-order valence-corrected chi connectivity index (χ1v) is 6.60. The third-order valence-corrected chi connectivity index (χ3v) is 3.84. The highest BCUT2D eigenvalue weighted by molar-refractivity contribution is 5.71. The predicted octanol–water partition coefficient (Wildman–Crippen LogP) is 2.20. The average Bonchev–Trinajstić information content (AvgIpc) is 3.13. The van der Waals surface area contributed by atoms with Crippen LogP contribution in [-0.4, -0.2) is 37.1 Å². The molecule has 0 atom stereocenters. The highest BCUT2D eigenvalue weighted by atomic mass is 16.5. The first-order chi connectivity index (χ1) is 7.79. The molecule has 0 amide bonds. The van der Waals surface area contributed by atoms with Crippen LogP contribution in [0, 0.1) is 5.92 Å². The number of ether oxygens (including phenoxy) is 1. The molecule has 16 heavy (non-hydrogen) atoms. The van der Waals surface area contributed by atoms with E-state index < -0.39 is 0 Å². The van der Waals surface area contributed by atoms with Gasteiger partial charge in [0.2, 0.25) is 0 Å². The summed E-state index contributed by atoms with van der Waals surface area (Å²) in [6, 6.07) is 0.633. The van der Waals surface area contributed by atoms with Crippen molar-refractivity contribution in [1.82, 2.24) is 4.90 Å². The van der Waals surface area contributed by atoms with E-state index in [1.54, 1.807) is 0 Å². The van der Waals surface area contributed by atoms with Gasteiger partial charge in [0.15, 0.2) is 0 Å². The van der Waals surface area contributed by atoms with Crippen LogP contribution in [0.4, 0.5) is 0 Å². The number of esters is 1. The zero-order chi connectivity index (χ0) is 11.4. The van der Waals surface area contributed by atoms with Gasteiger partial charge in [0.1, 0.15) is 0 Å². The second kappa shape index (κ2) is 5.67. The van der Waals surface area contributed by atoms with Crippen molar-refractivity contribution in [3.63, 3.8) is 0 Å². The maximum atomic E-state index is 11.4. The van der Waals surface area contributed by atoms with Gasteiger partial charge >= 0.3 is 5.97 Å². The maximum absolute atomic E-state index is 11.4. The van der Waals surface area contributed by atoms with Gasteiger partial charge < -0.3 is 4.74 Å². The number of hydrogen-bond acceptors (Lipinski definition) is 3. The van der Waals surface area contributed by atoms with Gasteiger partial charge in [-0.25, -0.2) is 0 Å². The average molecular weight is 225 g/mol. The highest BCUT2D eigenvalue weighted by Crippen LogP contribution is 2.32. The molecule has 0 bridgehead atoms. The highest BCUT2D eigenvalue weighted by Gasteiger charge is 2.30. The third kappa shape index (κ3) is 3.48. The van der Waals surface area contributed by atoms with Crippen molar-refractivity contribution in [1.29, 1.82) is 0 Å². The normalized spacial score (nSPS) is 22.4. The first-order valence-electron chi connectivity index (χ1n) is 6.60. The molecule has 3 heteroatoms. The molecule has 0 saturated heterocycles. The molecule has 2 saturated carbocycles. The largest absolute Gasteiger partial charge is 0.468 e. The molecule has 3 nitrogen and oxygen atoms in total. The lowest BCUT2D eigenvalue weighted by Gasteiger charge is -2.33. The summed E-state index contributed by atoms with van der Waals surface area (Å²) in [6.45, 7) is 1.61. The van der Waals surface area contributed by atoms with Crippen molar-refractivity contribution >= 4 is 5.97 Å². The Morgan fingerprint density at radius 3 is 2.44 bits per heavy atom. The van der Waals surface area contributed by atoms with Crippen molar-refractivity contribution in [2.24, 2.45) is 5.92 Å². The number of hydrogen-bond donors (Lipinski definition) is 0. The van der Waals surface area contributed by atoms with E-state index in [2.05, 4.69) is 4.90 Å². The van der Waals surface area contributed by atoms with E-state index in [9.17, 15) is 4.79 Å². The van der Waals surface area contributed by atoms with Crippen LogP contribution in [-0.2, 0) is 9.53 Å². The maximum Gasteiger partial charge on any atom is 0.319 e. The Morgan fingerprint density at radius 2 is 1.88 bits per heavy atom. The van der Waals surface area contributed by atoms with Gasteiger partial charge in [0.05, 0.1) is 13.7 Å². The number of nitrogens with zero attached hydrogens (tertiary/aromatic N) is 1. The fraction of sp³-hybridized carbons (Fsp3) is 0.923. The molecule has 92 valence electrons. The zero-order valence-corrected chi connectivity index (χ0v) is 10.3. The second-order valence-electron chi connectivity index (χ2n) is 5.24. The Bertz CT molecular complexity index is 232. The fourth-order valence-corrected chi connectivity index (χ4v) is 2.65. The van der Waals surface area contributed by atoms with E-state index in [1.807, 2.05) is 0 Å². The lowest BCUT2D eigenvalue weighted by molar-refractivity contribution is -0.142. The summed E-state index contributed by atoms with van der Waals surface area (Å²) in [7, 11) is 1.48. The van der Waals surface area contributed by atoms with Gasteiger partial charge in [-0.2, -0.15) is 0 Å². The van der Waals surface area contributed by atoms with Crippen LogP contribution >= 0.6 is 0 Å². The van der Waals surface area contributed by atoms with Crippen LogP contribution in [0.5, 0.6) is 0 Å². The van der Waals surface area contributed by atoms with E-state index >= 15 is 0 Å². The summed E-state index contributed by atoms with van der Waals surface area (Å²) in [5, 5.41) is 0. The fourth-order valence-electron chi connectivity index (χ4n) is 2.65.